The average Bonchev–Trinajstić information content (AvgIpc) is 3.34. The van der Waals surface area contributed by atoms with Crippen LogP contribution in [0.15, 0.2) is 52.7 Å². The van der Waals surface area contributed by atoms with E-state index in [9.17, 15) is 0 Å². The maximum absolute atomic E-state index is 5.73. The Kier molecular flexibility index (Phi) is 6.52. The summed E-state index contributed by atoms with van der Waals surface area (Å²) in [7, 11) is 0. The largest absolute Gasteiger partial charge is 0.486 e. The van der Waals surface area contributed by atoms with Crippen molar-refractivity contribution in [1.29, 1.82) is 0 Å². The second kappa shape index (κ2) is 9.68. The summed E-state index contributed by atoms with van der Waals surface area (Å²) in [4.78, 5) is 8.45. The van der Waals surface area contributed by atoms with Crippen LogP contribution in [0.3, 0.4) is 0 Å². The quantitative estimate of drug-likeness (QED) is 0.367. The lowest BCUT2D eigenvalue weighted by atomic mass is 9.98. The first-order valence-corrected chi connectivity index (χ1v) is 13.3. The molecule has 0 aliphatic carbocycles. The zero-order valence-corrected chi connectivity index (χ0v) is 20.3. The van der Waals surface area contributed by atoms with Crippen molar-refractivity contribution in [1.82, 2.24) is 9.88 Å². The third-order valence-corrected chi connectivity index (χ3v) is 8.00. The monoisotopic (exact) mass is 483 g/mol. The van der Waals surface area contributed by atoms with E-state index in [0.29, 0.717) is 19.1 Å². The summed E-state index contributed by atoms with van der Waals surface area (Å²) in [5.41, 5.74) is 3.17. The van der Waals surface area contributed by atoms with E-state index in [0.717, 1.165) is 59.5 Å². The Morgan fingerprint density at radius 2 is 1.91 bits per heavy atom. The Balaban J connectivity index is 1.21. The van der Waals surface area contributed by atoms with Crippen molar-refractivity contribution in [2.45, 2.75) is 23.7 Å². The Morgan fingerprint density at radius 1 is 1.12 bits per heavy atom. The number of nitrogens with one attached hydrogen (secondary N) is 1. The van der Waals surface area contributed by atoms with Gasteiger partial charge in [0.25, 0.3) is 0 Å². The predicted molar refractivity (Wildman–Crippen MR) is 137 cm³/mol. The van der Waals surface area contributed by atoms with E-state index in [1.807, 2.05) is 18.2 Å². The lowest BCUT2D eigenvalue weighted by molar-refractivity contribution is 0.171. The molecule has 1 N–H and O–H groups in total. The molecular formula is C24H25N3O2S3. The molecule has 2 aliphatic rings. The van der Waals surface area contributed by atoms with Crippen molar-refractivity contribution in [3.63, 3.8) is 0 Å². The van der Waals surface area contributed by atoms with Crippen LogP contribution in [0.4, 0.5) is 5.69 Å². The smallest absolute Gasteiger partial charge is 0.173 e. The molecule has 166 valence electrons. The van der Waals surface area contributed by atoms with Crippen molar-refractivity contribution < 1.29 is 9.47 Å². The highest BCUT2D eigenvalue weighted by Crippen LogP contribution is 2.37. The van der Waals surface area contributed by atoms with E-state index >= 15 is 0 Å². The van der Waals surface area contributed by atoms with Crippen LogP contribution >= 0.6 is 35.3 Å². The van der Waals surface area contributed by atoms with Crippen molar-refractivity contribution in [3.8, 4) is 22.8 Å². The van der Waals surface area contributed by atoms with Crippen LogP contribution in [0.1, 0.15) is 23.8 Å². The van der Waals surface area contributed by atoms with Gasteiger partial charge in [-0.1, -0.05) is 12.1 Å². The minimum atomic E-state index is 0.475. The van der Waals surface area contributed by atoms with Crippen molar-refractivity contribution in [2.24, 2.45) is 0 Å². The van der Waals surface area contributed by atoms with Gasteiger partial charge in [-0.15, -0.1) is 23.1 Å². The summed E-state index contributed by atoms with van der Waals surface area (Å²) in [5, 5.41) is 7.61. The summed E-state index contributed by atoms with van der Waals surface area (Å²) in [6.07, 6.45) is 4.20. The van der Waals surface area contributed by atoms with Crippen LogP contribution in [0.5, 0.6) is 11.5 Å². The van der Waals surface area contributed by atoms with E-state index in [1.165, 1.54) is 9.90 Å². The van der Waals surface area contributed by atoms with E-state index in [2.05, 4.69) is 46.1 Å². The Morgan fingerprint density at radius 3 is 2.72 bits per heavy atom. The molecule has 8 heteroatoms. The van der Waals surface area contributed by atoms with Gasteiger partial charge in [-0.3, -0.25) is 0 Å². The highest BCUT2D eigenvalue weighted by atomic mass is 32.2. The highest BCUT2D eigenvalue weighted by molar-refractivity contribution is 7.98. The van der Waals surface area contributed by atoms with Crippen LogP contribution in [0.2, 0.25) is 0 Å². The zero-order valence-electron chi connectivity index (χ0n) is 17.9. The van der Waals surface area contributed by atoms with Crippen molar-refractivity contribution in [3.05, 3.63) is 52.9 Å². The first-order valence-electron chi connectivity index (χ1n) is 10.8. The average molecular weight is 484 g/mol. The van der Waals surface area contributed by atoms with Gasteiger partial charge < -0.3 is 19.7 Å². The first kappa shape index (κ1) is 21.6. The van der Waals surface area contributed by atoms with Gasteiger partial charge in [0.2, 0.25) is 0 Å². The van der Waals surface area contributed by atoms with Crippen LogP contribution < -0.4 is 14.8 Å². The van der Waals surface area contributed by atoms with Crippen LogP contribution in [-0.4, -0.2) is 47.6 Å². The number of thiazole rings is 1. The molecule has 3 heterocycles. The standard InChI is InChI=1S/C24H25N3O2S3/c1-31-22-5-3-2-4-18(22)26-24(30)27-10-8-16(9-11-27)23-25-19(15-32-23)17-6-7-20-21(14-17)29-13-12-28-20/h2-7,14-16H,8-13H2,1H3,(H,26,30). The Labute approximate surface area is 202 Å². The van der Waals surface area contributed by atoms with Gasteiger partial charge in [-0.25, -0.2) is 4.98 Å². The molecule has 1 aromatic heterocycles. The van der Waals surface area contributed by atoms with Gasteiger partial charge in [-0.05, 0) is 61.6 Å². The molecule has 1 fully saturated rings. The lowest BCUT2D eigenvalue weighted by Crippen LogP contribution is -2.40. The summed E-state index contributed by atoms with van der Waals surface area (Å²) in [6.45, 7) is 3.08. The van der Waals surface area contributed by atoms with Crippen LogP contribution in [0, 0.1) is 0 Å². The number of thiocarbonyl (C=S) groups is 1. The number of thioether (sulfide) groups is 1. The number of ether oxygens (including phenoxy) is 2. The first-order chi connectivity index (χ1) is 15.7. The van der Waals surface area contributed by atoms with Crippen LogP contribution in [0.25, 0.3) is 11.3 Å². The van der Waals surface area contributed by atoms with Crippen LogP contribution in [-0.2, 0) is 0 Å². The SMILES string of the molecule is CSc1ccccc1NC(=S)N1CCC(c2nc(-c3ccc4c(c3)OCCO4)cs2)CC1. The Bertz CT molecular complexity index is 1110. The molecule has 5 nitrogen and oxygen atoms in total. The summed E-state index contributed by atoms with van der Waals surface area (Å²) < 4.78 is 11.4. The van der Waals surface area contributed by atoms with Gasteiger partial charge >= 0.3 is 0 Å². The molecule has 0 bridgehead atoms. The van der Waals surface area contributed by atoms with E-state index in [1.54, 1.807) is 23.1 Å². The molecule has 0 atom stereocenters. The number of fused-ring (bicyclic) bond motifs is 1. The van der Waals surface area contributed by atoms with Crippen molar-refractivity contribution in [2.75, 3.05) is 37.9 Å². The number of piperidine rings is 1. The molecule has 3 aromatic rings. The fourth-order valence-corrected chi connectivity index (χ4v) is 5.93. The summed E-state index contributed by atoms with van der Waals surface area (Å²) in [6, 6.07) is 14.4. The minimum Gasteiger partial charge on any atom is -0.486 e. The molecule has 0 spiro atoms. The number of aromatic nitrogens is 1. The second-order valence-corrected chi connectivity index (χ2v) is 9.95. The van der Waals surface area contributed by atoms with E-state index in [4.69, 9.17) is 26.7 Å². The molecule has 0 amide bonds. The van der Waals surface area contributed by atoms with Gasteiger partial charge in [0.1, 0.15) is 13.2 Å². The summed E-state index contributed by atoms with van der Waals surface area (Å²) in [5.74, 6) is 2.09. The number of likely N-dealkylation sites (tertiary alicyclic amines) is 1. The molecule has 5 rings (SSSR count). The fourth-order valence-electron chi connectivity index (χ4n) is 4.08. The maximum Gasteiger partial charge on any atom is 0.173 e. The molecular weight excluding hydrogens is 458 g/mol. The van der Waals surface area contributed by atoms with Gasteiger partial charge in [-0.2, -0.15) is 0 Å². The molecule has 0 radical (unpaired) electrons. The van der Waals surface area contributed by atoms with Gasteiger partial charge in [0.15, 0.2) is 16.6 Å². The highest BCUT2D eigenvalue weighted by Gasteiger charge is 2.25. The molecule has 0 unspecified atom stereocenters. The van der Waals surface area contributed by atoms with E-state index < -0.39 is 0 Å². The molecule has 1 saturated heterocycles. The van der Waals surface area contributed by atoms with Gasteiger partial charge in [0.05, 0.1) is 16.4 Å². The number of hydrogen-bond donors (Lipinski definition) is 1. The molecule has 2 aromatic carbocycles. The van der Waals surface area contributed by atoms with E-state index in [-0.39, 0.29) is 0 Å². The zero-order chi connectivity index (χ0) is 21.9. The molecule has 2 aliphatic heterocycles. The number of nitrogens with zero attached hydrogens (tertiary/aromatic N) is 2. The molecule has 32 heavy (non-hydrogen) atoms. The predicted octanol–water partition coefficient (Wildman–Crippen LogP) is 5.88. The van der Waals surface area contributed by atoms with Gasteiger partial charge in [0, 0.05) is 34.8 Å². The maximum atomic E-state index is 5.73. The van der Waals surface area contributed by atoms with Crippen molar-refractivity contribution >= 4 is 46.1 Å². The fraction of sp³-hybridized carbons (Fsp3) is 0.333. The lowest BCUT2D eigenvalue weighted by Gasteiger charge is -2.33. The number of para-hydroxylation sites is 1. The second-order valence-electron chi connectivity index (χ2n) is 7.82. The number of anilines is 1. The normalized spacial score (nSPS) is 16.1. The number of benzene rings is 2. The Hall–Kier alpha value is -2.29. The third kappa shape index (κ3) is 4.58. The summed E-state index contributed by atoms with van der Waals surface area (Å²) >= 11 is 9.19. The minimum absolute atomic E-state index is 0.475. The molecule has 0 saturated carbocycles. The number of hydrogen-bond acceptors (Lipinski definition) is 6. The number of rotatable bonds is 4. The topological polar surface area (TPSA) is 46.6 Å². The third-order valence-electron chi connectivity index (χ3n) is 5.84.